The lowest BCUT2D eigenvalue weighted by Crippen LogP contribution is -2.28. The topological polar surface area (TPSA) is 57.5 Å². The van der Waals surface area contributed by atoms with Crippen molar-refractivity contribution in [3.05, 3.63) is 64.2 Å². The fraction of sp³-hybridized carbons (Fsp3) is 0.595. The summed E-state index contributed by atoms with van der Waals surface area (Å²) in [6, 6.07) is 8.81. The number of rotatable bonds is 12. The second-order valence-corrected chi connectivity index (χ2v) is 14.3. The van der Waals surface area contributed by atoms with Crippen LogP contribution in [0.25, 0.3) is 11.1 Å². The molecule has 0 aliphatic rings. The van der Waals surface area contributed by atoms with Gasteiger partial charge < -0.3 is 10.2 Å². The van der Waals surface area contributed by atoms with Gasteiger partial charge in [-0.15, -0.1) is 0 Å². The maximum atomic E-state index is 12.3. The molecular weight excluding hydrogens is 492 g/mol. The number of phenols is 1. The normalized spacial score (nSPS) is 13.8. The molecule has 2 aromatic rings. The molecule has 1 atom stereocenters. The number of carbonyl (C=O) groups is 1. The van der Waals surface area contributed by atoms with E-state index in [0.717, 1.165) is 47.9 Å². The molecule has 0 amide bonds. The van der Waals surface area contributed by atoms with Gasteiger partial charge in [0.15, 0.2) is 0 Å². The Labute approximate surface area is 245 Å². The van der Waals surface area contributed by atoms with E-state index in [1.165, 1.54) is 11.1 Å². The van der Waals surface area contributed by atoms with Gasteiger partial charge in [0.2, 0.25) is 0 Å². The Morgan fingerprint density at radius 1 is 0.775 bits per heavy atom. The molecule has 222 valence electrons. The van der Waals surface area contributed by atoms with Crippen LogP contribution in [0.2, 0.25) is 0 Å². The molecule has 40 heavy (non-hydrogen) atoms. The highest BCUT2D eigenvalue weighted by Crippen LogP contribution is 2.53. The molecule has 0 spiro atoms. The van der Waals surface area contributed by atoms with Gasteiger partial charge in [0.25, 0.3) is 0 Å². The zero-order valence-corrected chi connectivity index (χ0v) is 27.7. The van der Waals surface area contributed by atoms with Crippen LogP contribution in [0, 0.1) is 0 Å². The van der Waals surface area contributed by atoms with Crippen molar-refractivity contribution in [3.63, 3.8) is 0 Å². The van der Waals surface area contributed by atoms with Gasteiger partial charge >= 0.3 is 5.97 Å². The third-order valence-electron chi connectivity index (χ3n) is 10.3. The maximum Gasteiger partial charge on any atom is 0.331 e. The zero-order valence-electron chi connectivity index (χ0n) is 27.7. The lowest BCUT2D eigenvalue weighted by molar-refractivity contribution is -0.132. The predicted octanol–water partition coefficient (Wildman–Crippen LogP) is 10.6. The number of hydrogen-bond acceptors (Lipinski definition) is 2. The summed E-state index contributed by atoms with van der Waals surface area (Å²) in [5, 5.41) is 22.2. The molecule has 2 rings (SSSR count). The van der Waals surface area contributed by atoms with Crippen molar-refractivity contribution in [1.29, 1.82) is 0 Å². The number of aliphatic carboxylic acids is 1. The lowest BCUT2D eigenvalue weighted by Gasteiger charge is -2.39. The number of carboxylic acid groups (broad SMARTS) is 1. The van der Waals surface area contributed by atoms with Crippen LogP contribution >= 0.6 is 0 Å². The Balaban J connectivity index is 3.41. The van der Waals surface area contributed by atoms with Crippen LogP contribution in [0.3, 0.4) is 0 Å². The van der Waals surface area contributed by atoms with Crippen LogP contribution in [-0.4, -0.2) is 16.2 Å². The molecule has 0 aliphatic carbocycles. The van der Waals surface area contributed by atoms with E-state index in [4.69, 9.17) is 0 Å². The summed E-state index contributed by atoms with van der Waals surface area (Å²) in [5.74, 6) is -1.41. The SMILES string of the molecule is C=C(C(=O)O)C(C)c1c(O)c(C(C)(C)CC)cc(C(C)(C)CC)c1-c1cccc(C(C)(C)CC)c1C(C)(C)CC. The van der Waals surface area contributed by atoms with E-state index in [-0.39, 0.29) is 33.0 Å². The van der Waals surface area contributed by atoms with Crippen molar-refractivity contribution in [2.45, 2.75) is 143 Å². The second kappa shape index (κ2) is 11.7. The van der Waals surface area contributed by atoms with E-state index in [1.54, 1.807) is 0 Å². The fourth-order valence-corrected chi connectivity index (χ4v) is 5.62. The largest absolute Gasteiger partial charge is 0.507 e. The van der Waals surface area contributed by atoms with Gasteiger partial charge in [0, 0.05) is 22.6 Å². The third kappa shape index (κ3) is 6.04. The van der Waals surface area contributed by atoms with E-state index in [1.807, 2.05) is 6.92 Å². The number of hydrogen-bond donors (Lipinski definition) is 2. The van der Waals surface area contributed by atoms with Crippen LogP contribution < -0.4 is 0 Å². The number of benzene rings is 2. The van der Waals surface area contributed by atoms with Crippen LogP contribution in [0.1, 0.15) is 149 Å². The van der Waals surface area contributed by atoms with Crippen LogP contribution in [0.4, 0.5) is 0 Å². The average molecular weight is 549 g/mol. The average Bonchev–Trinajstić information content (AvgIpc) is 2.90. The third-order valence-corrected chi connectivity index (χ3v) is 10.3. The quantitative estimate of drug-likeness (QED) is 0.259. The molecule has 0 heterocycles. The summed E-state index contributed by atoms with van der Waals surface area (Å²) in [5.41, 5.74) is 6.75. The highest BCUT2D eigenvalue weighted by atomic mass is 16.4. The van der Waals surface area contributed by atoms with Crippen molar-refractivity contribution >= 4 is 5.97 Å². The van der Waals surface area contributed by atoms with Crippen molar-refractivity contribution in [1.82, 2.24) is 0 Å². The zero-order chi connectivity index (χ0) is 31.0. The van der Waals surface area contributed by atoms with Crippen LogP contribution in [0.5, 0.6) is 5.75 Å². The van der Waals surface area contributed by atoms with Crippen LogP contribution in [0.15, 0.2) is 36.4 Å². The van der Waals surface area contributed by atoms with Gasteiger partial charge in [-0.2, -0.15) is 0 Å². The van der Waals surface area contributed by atoms with E-state index < -0.39 is 11.9 Å². The smallest absolute Gasteiger partial charge is 0.331 e. The first-order valence-electron chi connectivity index (χ1n) is 15.2. The summed E-state index contributed by atoms with van der Waals surface area (Å²) >= 11 is 0. The maximum absolute atomic E-state index is 12.3. The minimum atomic E-state index is -1.04. The van der Waals surface area contributed by atoms with Crippen molar-refractivity contribution in [2.75, 3.05) is 0 Å². The minimum absolute atomic E-state index is 0.0547. The van der Waals surface area contributed by atoms with Crippen molar-refractivity contribution in [2.24, 2.45) is 0 Å². The highest BCUT2D eigenvalue weighted by molar-refractivity contribution is 5.90. The molecule has 1 unspecified atom stereocenters. The van der Waals surface area contributed by atoms with Gasteiger partial charge in [0.05, 0.1) is 0 Å². The molecule has 0 fully saturated rings. The van der Waals surface area contributed by atoms with E-state index in [0.29, 0.717) is 5.56 Å². The van der Waals surface area contributed by atoms with E-state index in [9.17, 15) is 15.0 Å². The Kier molecular flexibility index (Phi) is 9.88. The molecule has 0 saturated heterocycles. The molecule has 0 bridgehead atoms. The lowest BCUT2D eigenvalue weighted by atomic mass is 9.65. The summed E-state index contributed by atoms with van der Waals surface area (Å²) in [4.78, 5) is 12.3. The first-order valence-corrected chi connectivity index (χ1v) is 15.2. The first kappa shape index (κ1) is 33.7. The molecule has 2 aromatic carbocycles. The summed E-state index contributed by atoms with van der Waals surface area (Å²) in [7, 11) is 0. The van der Waals surface area contributed by atoms with Gasteiger partial charge in [-0.05, 0) is 75.2 Å². The monoisotopic (exact) mass is 548 g/mol. The Morgan fingerprint density at radius 2 is 1.23 bits per heavy atom. The molecule has 3 heteroatoms. The summed E-state index contributed by atoms with van der Waals surface area (Å²) < 4.78 is 0. The Bertz CT molecular complexity index is 1260. The van der Waals surface area contributed by atoms with Gasteiger partial charge in [-0.3, -0.25) is 0 Å². The summed E-state index contributed by atoms with van der Waals surface area (Å²) in [6.07, 6.45) is 3.68. The van der Waals surface area contributed by atoms with Gasteiger partial charge in [0.1, 0.15) is 5.75 Å². The molecule has 0 saturated carbocycles. The predicted molar refractivity (Wildman–Crippen MR) is 172 cm³/mol. The molecule has 3 nitrogen and oxygen atoms in total. The fourth-order valence-electron chi connectivity index (χ4n) is 5.62. The van der Waals surface area contributed by atoms with E-state index in [2.05, 4.69) is 114 Å². The Morgan fingerprint density at radius 3 is 1.68 bits per heavy atom. The molecule has 2 N–H and O–H groups in total. The van der Waals surface area contributed by atoms with Crippen LogP contribution in [-0.2, 0) is 26.5 Å². The minimum Gasteiger partial charge on any atom is -0.507 e. The van der Waals surface area contributed by atoms with Crippen molar-refractivity contribution in [3.8, 4) is 16.9 Å². The number of phenolic OH excluding ortho intramolecular Hbond substituents is 1. The van der Waals surface area contributed by atoms with Gasteiger partial charge in [-0.25, -0.2) is 4.79 Å². The molecule has 0 radical (unpaired) electrons. The Hall–Kier alpha value is -2.55. The van der Waals surface area contributed by atoms with E-state index >= 15 is 0 Å². The molecular formula is C37H56O3. The highest BCUT2D eigenvalue weighted by Gasteiger charge is 2.38. The molecule has 0 aliphatic heterocycles. The molecule has 0 aromatic heterocycles. The number of carboxylic acids is 1. The van der Waals surface area contributed by atoms with Crippen molar-refractivity contribution < 1.29 is 15.0 Å². The second-order valence-electron chi connectivity index (χ2n) is 14.3. The number of aromatic hydroxyl groups is 1. The first-order chi connectivity index (χ1) is 18.3. The summed E-state index contributed by atoms with van der Waals surface area (Å²) in [6.45, 7) is 32.7. The van der Waals surface area contributed by atoms with Gasteiger partial charge in [-0.1, -0.05) is 121 Å². The standard InChI is InChI=1S/C37H56O3/c1-15-34(7,8)26-21-19-20-25(31(26)37(13,14)18-4)30-27(35(9,10)16-2)22-28(36(11,12)17-3)32(38)29(30)23(5)24(6)33(39)40/h19-23,38H,6,15-18H2,1-5,7-14H3,(H,39,40).